The predicted octanol–water partition coefficient (Wildman–Crippen LogP) is -0.260. The minimum absolute atomic E-state index is 0. The van der Waals surface area contributed by atoms with Gasteiger partial charge in [0.2, 0.25) is 11.8 Å². The third-order valence-corrected chi connectivity index (χ3v) is 2.74. The van der Waals surface area contributed by atoms with E-state index in [2.05, 4.69) is 5.32 Å². The number of nitrogens with zero attached hydrogens (tertiary/aromatic N) is 1. The van der Waals surface area contributed by atoms with Crippen LogP contribution < -0.4 is 11.1 Å². The fourth-order valence-electron chi connectivity index (χ4n) is 1.88. The van der Waals surface area contributed by atoms with Crippen molar-refractivity contribution >= 4 is 24.2 Å². The van der Waals surface area contributed by atoms with E-state index in [9.17, 15) is 9.59 Å². The lowest BCUT2D eigenvalue weighted by molar-refractivity contribution is -0.136. The molecule has 1 saturated heterocycles. The molecule has 0 spiro atoms. The summed E-state index contributed by atoms with van der Waals surface area (Å²) >= 11 is 0. The van der Waals surface area contributed by atoms with Crippen LogP contribution in [0.3, 0.4) is 0 Å². The Hall–Kier alpha value is -0.810. The number of likely N-dealkylation sites (tertiary alicyclic amines) is 1. The lowest BCUT2D eigenvalue weighted by Gasteiger charge is -2.32. The summed E-state index contributed by atoms with van der Waals surface area (Å²) in [4.78, 5) is 24.7. The van der Waals surface area contributed by atoms with Crippen molar-refractivity contribution in [3.63, 3.8) is 0 Å². The minimum atomic E-state index is -0.478. The van der Waals surface area contributed by atoms with Gasteiger partial charge in [-0.05, 0) is 19.8 Å². The molecule has 2 atom stereocenters. The number of hydrogen-bond donors (Lipinski definition) is 2. The molecule has 6 heteroatoms. The van der Waals surface area contributed by atoms with E-state index in [1.807, 2.05) is 0 Å². The molecule has 0 aromatic rings. The molecule has 0 bridgehead atoms. The van der Waals surface area contributed by atoms with Crippen LogP contribution in [0, 0.1) is 5.92 Å². The van der Waals surface area contributed by atoms with Gasteiger partial charge in [0.1, 0.15) is 0 Å². The Kier molecular flexibility index (Phi) is 6.36. The summed E-state index contributed by atoms with van der Waals surface area (Å²) in [5.74, 6) is -0.132. The van der Waals surface area contributed by atoms with E-state index in [0.717, 1.165) is 12.8 Å². The first kappa shape index (κ1) is 15.2. The molecule has 0 radical (unpaired) electrons. The SMILES string of the molecule is CNC(=O)C1CCCN(C(=O)[C@H](C)N)C1.Cl. The van der Waals surface area contributed by atoms with Crippen molar-refractivity contribution in [3.05, 3.63) is 0 Å². The smallest absolute Gasteiger partial charge is 0.239 e. The molecule has 16 heavy (non-hydrogen) atoms. The first-order valence-electron chi connectivity index (χ1n) is 5.32. The van der Waals surface area contributed by atoms with Crippen molar-refractivity contribution in [2.45, 2.75) is 25.8 Å². The highest BCUT2D eigenvalue weighted by Gasteiger charge is 2.28. The van der Waals surface area contributed by atoms with Gasteiger partial charge < -0.3 is 16.0 Å². The Morgan fingerprint density at radius 3 is 2.62 bits per heavy atom. The zero-order valence-corrected chi connectivity index (χ0v) is 10.5. The van der Waals surface area contributed by atoms with Crippen LogP contribution >= 0.6 is 12.4 Å². The molecule has 1 unspecified atom stereocenters. The monoisotopic (exact) mass is 249 g/mol. The third-order valence-electron chi connectivity index (χ3n) is 2.74. The zero-order chi connectivity index (χ0) is 11.4. The van der Waals surface area contributed by atoms with Crippen LogP contribution in [0.15, 0.2) is 0 Å². The van der Waals surface area contributed by atoms with E-state index in [-0.39, 0.29) is 30.1 Å². The molecule has 1 rings (SSSR count). The largest absolute Gasteiger partial charge is 0.359 e. The van der Waals surface area contributed by atoms with Gasteiger partial charge in [-0.25, -0.2) is 0 Å². The van der Waals surface area contributed by atoms with E-state index < -0.39 is 6.04 Å². The number of halogens is 1. The van der Waals surface area contributed by atoms with E-state index in [4.69, 9.17) is 5.73 Å². The second kappa shape index (κ2) is 6.70. The average molecular weight is 250 g/mol. The molecule has 0 aliphatic carbocycles. The van der Waals surface area contributed by atoms with Gasteiger partial charge in [-0.15, -0.1) is 12.4 Å². The number of carbonyl (C=O) groups is 2. The summed E-state index contributed by atoms with van der Waals surface area (Å²) in [6, 6.07) is -0.478. The van der Waals surface area contributed by atoms with Crippen molar-refractivity contribution in [1.29, 1.82) is 0 Å². The molecule has 1 aliphatic rings. The van der Waals surface area contributed by atoms with Crippen LogP contribution in [-0.4, -0.2) is 42.9 Å². The van der Waals surface area contributed by atoms with E-state index in [1.165, 1.54) is 0 Å². The first-order valence-corrected chi connectivity index (χ1v) is 5.32. The fourth-order valence-corrected chi connectivity index (χ4v) is 1.88. The van der Waals surface area contributed by atoms with Crippen LogP contribution in [0.25, 0.3) is 0 Å². The summed E-state index contributed by atoms with van der Waals surface area (Å²) in [5, 5.41) is 2.62. The lowest BCUT2D eigenvalue weighted by atomic mass is 9.97. The van der Waals surface area contributed by atoms with Crippen LogP contribution in [0.2, 0.25) is 0 Å². The molecule has 0 aromatic carbocycles. The summed E-state index contributed by atoms with van der Waals surface area (Å²) in [7, 11) is 1.62. The summed E-state index contributed by atoms with van der Waals surface area (Å²) in [6.07, 6.45) is 1.72. The van der Waals surface area contributed by atoms with Gasteiger partial charge in [-0.3, -0.25) is 9.59 Å². The molecule has 3 N–H and O–H groups in total. The Morgan fingerprint density at radius 2 is 2.12 bits per heavy atom. The summed E-state index contributed by atoms with van der Waals surface area (Å²) in [5.41, 5.74) is 5.53. The number of amides is 2. The Labute approximate surface area is 102 Å². The first-order chi connectivity index (χ1) is 7.06. The van der Waals surface area contributed by atoms with Gasteiger partial charge in [-0.1, -0.05) is 0 Å². The van der Waals surface area contributed by atoms with Crippen LogP contribution in [0.4, 0.5) is 0 Å². The highest BCUT2D eigenvalue weighted by atomic mass is 35.5. The molecule has 0 saturated carbocycles. The molecular weight excluding hydrogens is 230 g/mol. The number of nitrogens with one attached hydrogen (secondary N) is 1. The van der Waals surface area contributed by atoms with E-state index in [1.54, 1.807) is 18.9 Å². The lowest BCUT2D eigenvalue weighted by Crippen LogP contribution is -2.49. The maximum Gasteiger partial charge on any atom is 0.239 e. The normalized spacial score (nSPS) is 21.9. The van der Waals surface area contributed by atoms with E-state index >= 15 is 0 Å². The van der Waals surface area contributed by atoms with Gasteiger partial charge in [0, 0.05) is 20.1 Å². The Bertz CT molecular complexity index is 258. The molecule has 1 aliphatic heterocycles. The molecular formula is C10H20ClN3O2. The third kappa shape index (κ3) is 3.64. The number of piperidine rings is 1. The Balaban J connectivity index is 0.00000225. The number of nitrogens with two attached hydrogens (primary N) is 1. The number of hydrogen-bond acceptors (Lipinski definition) is 3. The highest BCUT2D eigenvalue weighted by Crippen LogP contribution is 2.16. The molecule has 1 heterocycles. The van der Waals surface area contributed by atoms with Crippen molar-refractivity contribution in [3.8, 4) is 0 Å². The van der Waals surface area contributed by atoms with Crippen LogP contribution in [-0.2, 0) is 9.59 Å². The van der Waals surface area contributed by atoms with Crippen molar-refractivity contribution in [2.75, 3.05) is 20.1 Å². The second-order valence-electron chi connectivity index (χ2n) is 4.03. The highest BCUT2D eigenvalue weighted by molar-refractivity contribution is 5.85. The van der Waals surface area contributed by atoms with Crippen molar-refractivity contribution in [1.82, 2.24) is 10.2 Å². The maximum absolute atomic E-state index is 11.6. The van der Waals surface area contributed by atoms with E-state index in [0.29, 0.717) is 13.1 Å². The average Bonchev–Trinajstić information content (AvgIpc) is 2.27. The quantitative estimate of drug-likeness (QED) is 0.708. The van der Waals surface area contributed by atoms with Crippen LogP contribution in [0.5, 0.6) is 0 Å². The molecule has 2 amide bonds. The minimum Gasteiger partial charge on any atom is -0.359 e. The molecule has 1 fully saturated rings. The van der Waals surface area contributed by atoms with Crippen molar-refractivity contribution in [2.24, 2.45) is 11.7 Å². The van der Waals surface area contributed by atoms with Gasteiger partial charge in [0.05, 0.1) is 12.0 Å². The van der Waals surface area contributed by atoms with Gasteiger partial charge in [0.25, 0.3) is 0 Å². The van der Waals surface area contributed by atoms with Crippen molar-refractivity contribution < 1.29 is 9.59 Å². The fraction of sp³-hybridized carbons (Fsp3) is 0.800. The van der Waals surface area contributed by atoms with Gasteiger partial charge >= 0.3 is 0 Å². The van der Waals surface area contributed by atoms with Gasteiger partial charge in [-0.2, -0.15) is 0 Å². The number of rotatable bonds is 2. The molecule has 5 nitrogen and oxygen atoms in total. The Morgan fingerprint density at radius 1 is 1.50 bits per heavy atom. The summed E-state index contributed by atoms with van der Waals surface area (Å²) < 4.78 is 0. The van der Waals surface area contributed by atoms with Crippen LogP contribution in [0.1, 0.15) is 19.8 Å². The topological polar surface area (TPSA) is 75.4 Å². The number of carbonyl (C=O) groups excluding carboxylic acids is 2. The maximum atomic E-state index is 11.6. The molecule has 94 valence electrons. The zero-order valence-electron chi connectivity index (χ0n) is 9.73. The standard InChI is InChI=1S/C10H19N3O2.ClH/c1-7(11)10(15)13-5-3-4-8(6-13)9(14)12-2;/h7-8H,3-6,11H2,1-2H3,(H,12,14);1H/t7-,8?;/m0./s1. The second-order valence-corrected chi connectivity index (χ2v) is 4.03. The molecule has 0 aromatic heterocycles. The van der Waals surface area contributed by atoms with Gasteiger partial charge in [0.15, 0.2) is 0 Å². The summed E-state index contributed by atoms with van der Waals surface area (Å²) in [6.45, 7) is 2.89. The predicted molar refractivity (Wildman–Crippen MR) is 64.3 cm³/mol.